The van der Waals surface area contributed by atoms with Crippen LogP contribution in [-0.2, 0) is 23.6 Å². The van der Waals surface area contributed by atoms with Gasteiger partial charge < -0.3 is 24.0 Å². The Hall–Kier alpha value is -4.07. The maximum absolute atomic E-state index is 13.1. The number of methoxy groups -OCH3 is 2. The minimum atomic E-state index is -0.551. The van der Waals surface area contributed by atoms with Crippen LogP contribution in [0.1, 0.15) is 6.92 Å². The second-order valence-corrected chi connectivity index (χ2v) is 9.65. The summed E-state index contributed by atoms with van der Waals surface area (Å²) in [6.45, 7) is 3.52. The monoisotopic (exact) mass is 558 g/mol. The second-order valence-electron chi connectivity index (χ2n) is 8.68. The summed E-state index contributed by atoms with van der Waals surface area (Å²) in [5.41, 5.74) is -0.354. The van der Waals surface area contributed by atoms with Gasteiger partial charge in [0.2, 0.25) is 5.91 Å². The van der Waals surface area contributed by atoms with Gasteiger partial charge in [0.1, 0.15) is 10.4 Å². The Bertz CT molecular complexity index is 1530. The zero-order valence-electron chi connectivity index (χ0n) is 22.4. The van der Waals surface area contributed by atoms with E-state index >= 15 is 0 Å². The highest BCUT2D eigenvalue weighted by atomic mass is 32.2. The number of hydrogen-bond acceptors (Lipinski definition) is 10. The molecule has 3 heterocycles. The Kier molecular flexibility index (Phi) is 8.43. The number of piperazine rings is 1. The molecule has 1 aliphatic heterocycles. The highest BCUT2D eigenvalue weighted by Gasteiger charge is 2.26. The molecule has 1 fully saturated rings. The highest BCUT2D eigenvalue weighted by Crippen LogP contribution is 2.33. The van der Waals surface area contributed by atoms with Crippen molar-refractivity contribution in [2.75, 3.05) is 52.8 Å². The number of hydrogen-bond donors (Lipinski definition) is 0. The fourth-order valence-corrected chi connectivity index (χ4v) is 5.13. The summed E-state index contributed by atoms with van der Waals surface area (Å²) in [5.74, 6) is 1.08. The summed E-state index contributed by atoms with van der Waals surface area (Å²) < 4.78 is 18.0. The summed E-state index contributed by atoms with van der Waals surface area (Å²) in [4.78, 5) is 63.2. The molecular weight excluding hydrogens is 528 g/mol. The van der Waals surface area contributed by atoms with Crippen LogP contribution in [0.3, 0.4) is 0 Å². The van der Waals surface area contributed by atoms with Gasteiger partial charge in [-0.05, 0) is 25.1 Å². The molecule has 0 radical (unpaired) electrons. The Morgan fingerprint density at radius 3 is 2.26 bits per heavy atom. The number of nitrogens with zero attached hydrogens (tertiary/aromatic N) is 6. The third kappa shape index (κ3) is 5.55. The van der Waals surface area contributed by atoms with E-state index in [2.05, 4.69) is 9.97 Å². The molecule has 0 N–H and O–H groups in total. The minimum Gasteiger partial charge on any atom is -0.493 e. The van der Waals surface area contributed by atoms with Gasteiger partial charge in [-0.2, -0.15) is 0 Å². The zero-order valence-corrected chi connectivity index (χ0v) is 23.2. The van der Waals surface area contributed by atoms with E-state index < -0.39 is 17.3 Å². The van der Waals surface area contributed by atoms with E-state index in [1.54, 1.807) is 34.9 Å². The van der Waals surface area contributed by atoms with Crippen LogP contribution in [0.25, 0.3) is 22.4 Å². The van der Waals surface area contributed by atoms with Crippen molar-refractivity contribution in [3.8, 4) is 22.9 Å². The molecular formula is C25H30N6O7S. The SMILES string of the molecule is CCOC(=O)N1CCN(C(=O)CSc2nc(-c3ccc(OC)c(OC)c3)nc3c2c(=O)n(C)c(=O)n3C)CC1. The van der Waals surface area contributed by atoms with Crippen molar-refractivity contribution >= 4 is 34.8 Å². The standard InChI is InChI=1S/C25H30N6O7S/c1-6-38-25(35)31-11-9-30(10-12-31)18(32)14-39-22-19-21(28(2)24(34)29(3)23(19)33)26-20(27-22)15-7-8-16(36-4)17(13-15)37-5/h7-8,13H,6,9-12,14H2,1-5H3. The van der Waals surface area contributed by atoms with Crippen LogP contribution in [0, 0.1) is 0 Å². The Morgan fingerprint density at radius 1 is 0.949 bits per heavy atom. The number of carbonyl (C=O) groups excluding carboxylic acids is 2. The van der Waals surface area contributed by atoms with E-state index in [-0.39, 0.29) is 40.2 Å². The molecule has 1 saturated heterocycles. The average Bonchev–Trinajstić information content (AvgIpc) is 2.96. The number of aromatic nitrogens is 4. The van der Waals surface area contributed by atoms with Crippen molar-refractivity contribution < 1.29 is 23.8 Å². The molecule has 0 bridgehead atoms. The fraction of sp³-hybridized carbons (Fsp3) is 0.440. The first-order chi connectivity index (χ1) is 18.7. The van der Waals surface area contributed by atoms with Gasteiger partial charge in [-0.15, -0.1) is 0 Å². The molecule has 14 heteroatoms. The third-order valence-corrected chi connectivity index (χ3v) is 7.36. The van der Waals surface area contributed by atoms with Crippen LogP contribution in [-0.4, -0.2) is 93.7 Å². The van der Waals surface area contributed by atoms with Crippen LogP contribution in [0.15, 0.2) is 32.8 Å². The van der Waals surface area contributed by atoms with Crippen molar-refractivity contribution in [2.45, 2.75) is 11.9 Å². The van der Waals surface area contributed by atoms with Gasteiger partial charge in [-0.25, -0.2) is 19.6 Å². The number of carbonyl (C=O) groups is 2. The summed E-state index contributed by atoms with van der Waals surface area (Å²) in [6.07, 6.45) is -0.393. The van der Waals surface area contributed by atoms with Crippen molar-refractivity contribution in [3.05, 3.63) is 39.0 Å². The average molecular weight is 559 g/mol. The molecule has 39 heavy (non-hydrogen) atoms. The first kappa shape index (κ1) is 28.0. The molecule has 0 atom stereocenters. The summed E-state index contributed by atoms with van der Waals surface area (Å²) >= 11 is 1.10. The second kappa shape index (κ2) is 11.8. The highest BCUT2D eigenvalue weighted by molar-refractivity contribution is 8.00. The van der Waals surface area contributed by atoms with Crippen LogP contribution in [0.4, 0.5) is 4.79 Å². The predicted octanol–water partition coefficient (Wildman–Crippen LogP) is 1.10. The van der Waals surface area contributed by atoms with E-state index in [0.29, 0.717) is 43.2 Å². The van der Waals surface area contributed by atoms with Gasteiger partial charge >= 0.3 is 11.8 Å². The maximum Gasteiger partial charge on any atom is 0.409 e. The van der Waals surface area contributed by atoms with Gasteiger partial charge in [-0.1, -0.05) is 11.8 Å². The smallest absolute Gasteiger partial charge is 0.409 e. The largest absolute Gasteiger partial charge is 0.493 e. The topological polar surface area (TPSA) is 138 Å². The number of benzene rings is 1. The normalized spacial score (nSPS) is 13.5. The van der Waals surface area contributed by atoms with Crippen LogP contribution >= 0.6 is 11.8 Å². The summed E-state index contributed by atoms with van der Waals surface area (Å²) in [7, 11) is 5.95. The number of aryl methyl sites for hydroxylation is 1. The zero-order chi connectivity index (χ0) is 28.3. The van der Waals surface area contributed by atoms with E-state index in [9.17, 15) is 19.2 Å². The number of rotatable bonds is 7. The molecule has 3 aromatic rings. The number of thioether (sulfide) groups is 1. The van der Waals surface area contributed by atoms with Crippen molar-refractivity contribution in [3.63, 3.8) is 0 Å². The molecule has 13 nitrogen and oxygen atoms in total. The van der Waals surface area contributed by atoms with Gasteiger partial charge in [0.15, 0.2) is 23.0 Å². The van der Waals surface area contributed by atoms with Crippen molar-refractivity contribution in [2.24, 2.45) is 14.1 Å². The molecule has 0 unspecified atom stereocenters. The van der Waals surface area contributed by atoms with E-state index in [4.69, 9.17) is 14.2 Å². The molecule has 0 spiro atoms. The third-order valence-electron chi connectivity index (χ3n) is 6.40. The first-order valence-corrected chi connectivity index (χ1v) is 13.2. The lowest BCUT2D eigenvalue weighted by atomic mass is 10.2. The molecule has 0 saturated carbocycles. The van der Waals surface area contributed by atoms with Crippen molar-refractivity contribution in [1.82, 2.24) is 28.9 Å². The number of amides is 2. The van der Waals surface area contributed by atoms with Crippen LogP contribution in [0.5, 0.6) is 11.5 Å². The van der Waals surface area contributed by atoms with Gasteiger partial charge in [-0.3, -0.25) is 18.7 Å². The maximum atomic E-state index is 13.1. The quantitative estimate of drug-likeness (QED) is 0.306. The van der Waals surface area contributed by atoms with Gasteiger partial charge in [0.05, 0.1) is 26.6 Å². The van der Waals surface area contributed by atoms with E-state index in [1.165, 1.54) is 32.9 Å². The molecule has 1 aliphatic rings. The summed E-state index contributed by atoms with van der Waals surface area (Å²) in [6, 6.07) is 5.14. The molecule has 4 rings (SSSR count). The molecule has 0 aliphatic carbocycles. The fourth-order valence-electron chi connectivity index (χ4n) is 4.21. The molecule has 2 aromatic heterocycles. The number of fused-ring (bicyclic) bond motifs is 1. The predicted molar refractivity (Wildman–Crippen MR) is 144 cm³/mol. The Balaban J connectivity index is 1.67. The van der Waals surface area contributed by atoms with Crippen LogP contribution in [0.2, 0.25) is 0 Å². The van der Waals surface area contributed by atoms with E-state index in [1.807, 2.05) is 0 Å². The molecule has 2 amide bonds. The van der Waals surface area contributed by atoms with Crippen LogP contribution < -0.4 is 20.7 Å². The van der Waals surface area contributed by atoms with Crippen molar-refractivity contribution in [1.29, 1.82) is 0 Å². The van der Waals surface area contributed by atoms with E-state index in [0.717, 1.165) is 16.3 Å². The minimum absolute atomic E-state index is 0.00287. The molecule has 208 valence electrons. The lowest BCUT2D eigenvalue weighted by Gasteiger charge is -2.34. The Morgan fingerprint density at radius 2 is 1.62 bits per heavy atom. The summed E-state index contributed by atoms with van der Waals surface area (Å²) in [5, 5.41) is 0.424. The number of ether oxygens (including phenoxy) is 3. The lowest BCUT2D eigenvalue weighted by molar-refractivity contribution is -0.129. The van der Waals surface area contributed by atoms with Gasteiger partial charge in [0.25, 0.3) is 5.56 Å². The first-order valence-electron chi connectivity index (χ1n) is 12.2. The lowest BCUT2D eigenvalue weighted by Crippen LogP contribution is -2.51. The van der Waals surface area contributed by atoms with Gasteiger partial charge in [0, 0.05) is 45.8 Å². The molecule has 1 aromatic carbocycles. The Labute approximate surface area is 228 Å².